The highest BCUT2D eigenvalue weighted by Crippen LogP contribution is 2.26. The summed E-state index contributed by atoms with van der Waals surface area (Å²) in [7, 11) is 0. The fourth-order valence-corrected chi connectivity index (χ4v) is 3.56. The molecule has 2 aromatic carbocycles. The molecule has 3 rings (SSSR count). The van der Waals surface area contributed by atoms with Crippen molar-refractivity contribution in [3.05, 3.63) is 64.3 Å². The third-order valence-corrected chi connectivity index (χ3v) is 5.43. The van der Waals surface area contributed by atoms with Crippen LogP contribution >= 0.6 is 11.3 Å². The van der Waals surface area contributed by atoms with E-state index in [1.807, 2.05) is 26.0 Å². The number of nitrogens with one attached hydrogen (secondary N) is 2. The van der Waals surface area contributed by atoms with Crippen molar-refractivity contribution in [2.24, 2.45) is 0 Å². The van der Waals surface area contributed by atoms with E-state index in [4.69, 9.17) is 4.74 Å². The van der Waals surface area contributed by atoms with E-state index in [2.05, 4.69) is 10.6 Å². The Balaban J connectivity index is 1.47. The molecular formula is C21H19FN2O4S. The van der Waals surface area contributed by atoms with Crippen LogP contribution in [0.4, 0.5) is 10.1 Å². The first-order valence-electron chi connectivity index (χ1n) is 8.82. The number of anilines is 1. The number of hydrogen-bond acceptors (Lipinski definition) is 5. The van der Waals surface area contributed by atoms with E-state index in [0.29, 0.717) is 11.1 Å². The Morgan fingerprint density at radius 1 is 1.07 bits per heavy atom. The highest BCUT2D eigenvalue weighted by atomic mass is 32.1. The van der Waals surface area contributed by atoms with Gasteiger partial charge in [0.2, 0.25) is 5.91 Å². The van der Waals surface area contributed by atoms with Crippen LogP contribution in [-0.4, -0.2) is 30.9 Å². The maximum Gasteiger partial charge on any atom is 0.348 e. The number of halogens is 1. The van der Waals surface area contributed by atoms with E-state index in [1.165, 1.54) is 18.2 Å². The Bertz CT molecular complexity index is 1090. The molecule has 3 aromatic rings. The molecule has 0 fully saturated rings. The number of hydrogen-bond donors (Lipinski definition) is 2. The van der Waals surface area contributed by atoms with Crippen molar-refractivity contribution in [1.29, 1.82) is 0 Å². The number of aryl methyl sites for hydroxylation is 1. The van der Waals surface area contributed by atoms with Crippen molar-refractivity contribution in [2.45, 2.75) is 13.8 Å². The second kappa shape index (κ2) is 8.83. The zero-order chi connectivity index (χ0) is 21.0. The minimum atomic E-state index is -0.679. The lowest BCUT2D eigenvalue weighted by Crippen LogP contribution is -2.35. The standard InChI is InChI=1S/C21H19FN2O4S/c1-12-4-3-5-16(13(12)2)24-19(25)10-23-20(26)11-28-21(27)18-9-14-8-15(22)6-7-17(14)29-18/h3-9H,10-11H2,1-2H3,(H,23,26)(H,24,25). The molecule has 0 radical (unpaired) electrons. The molecule has 0 aliphatic carbocycles. The van der Waals surface area contributed by atoms with Gasteiger partial charge in [-0.05, 0) is 60.7 Å². The average Bonchev–Trinajstić information content (AvgIpc) is 3.11. The number of thiophene rings is 1. The summed E-state index contributed by atoms with van der Waals surface area (Å²) >= 11 is 1.15. The van der Waals surface area contributed by atoms with Gasteiger partial charge in [-0.15, -0.1) is 11.3 Å². The topological polar surface area (TPSA) is 84.5 Å². The van der Waals surface area contributed by atoms with Crippen LogP contribution in [0.15, 0.2) is 42.5 Å². The molecule has 0 bridgehead atoms. The molecule has 2 N–H and O–H groups in total. The summed E-state index contributed by atoms with van der Waals surface area (Å²) in [6, 6.07) is 11.3. The first-order chi connectivity index (χ1) is 13.8. The Hall–Kier alpha value is -3.26. The summed E-state index contributed by atoms with van der Waals surface area (Å²) in [4.78, 5) is 36.2. The minimum Gasteiger partial charge on any atom is -0.451 e. The van der Waals surface area contributed by atoms with Gasteiger partial charge in [0.25, 0.3) is 5.91 Å². The van der Waals surface area contributed by atoms with Gasteiger partial charge in [0.1, 0.15) is 10.7 Å². The van der Waals surface area contributed by atoms with Gasteiger partial charge in [0, 0.05) is 10.4 Å². The van der Waals surface area contributed by atoms with Crippen LogP contribution in [0.25, 0.3) is 10.1 Å². The Morgan fingerprint density at radius 3 is 2.66 bits per heavy atom. The van der Waals surface area contributed by atoms with Crippen LogP contribution in [0.2, 0.25) is 0 Å². The molecule has 0 saturated heterocycles. The molecule has 29 heavy (non-hydrogen) atoms. The molecule has 1 aromatic heterocycles. The average molecular weight is 414 g/mol. The lowest BCUT2D eigenvalue weighted by atomic mass is 10.1. The highest BCUT2D eigenvalue weighted by molar-refractivity contribution is 7.20. The number of fused-ring (bicyclic) bond motifs is 1. The van der Waals surface area contributed by atoms with Crippen molar-refractivity contribution < 1.29 is 23.5 Å². The van der Waals surface area contributed by atoms with Crippen molar-refractivity contribution in [3.8, 4) is 0 Å². The first-order valence-corrected chi connectivity index (χ1v) is 9.64. The molecule has 0 aliphatic heterocycles. The van der Waals surface area contributed by atoms with Crippen molar-refractivity contribution in [2.75, 3.05) is 18.5 Å². The summed E-state index contributed by atoms with van der Waals surface area (Å²) in [5.41, 5.74) is 2.67. The maximum atomic E-state index is 13.2. The Morgan fingerprint density at radius 2 is 1.86 bits per heavy atom. The van der Waals surface area contributed by atoms with Crippen LogP contribution in [0.5, 0.6) is 0 Å². The van der Waals surface area contributed by atoms with E-state index in [1.54, 1.807) is 12.1 Å². The summed E-state index contributed by atoms with van der Waals surface area (Å²) in [6.45, 7) is 3.07. The van der Waals surface area contributed by atoms with E-state index >= 15 is 0 Å². The van der Waals surface area contributed by atoms with Gasteiger partial charge >= 0.3 is 5.97 Å². The van der Waals surface area contributed by atoms with Crippen LogP contribution in [0, 0.1) is 19.7 Å². The van der Waals surface area contributed by atoms with Crippen molar-refractivity contribution in [1.82, 2.24) is 5.32 Å². The van der Waals surface area contributed by atoms with Crippen molar-refractivity contribution in [3.63, 3.8) is 0 Å². The zero-order valence-electron chi connectivity index (χ0n) is 15.9. The van der Waals surface area contributed by atoms with Gasteiger partial charge in [-0.25, -0.2) is 9.18 Å². The fraction of sp³-hybridized carbons (Fsp3) is 0.190. The van der Waals surface area contributed by atoms with Gasteiger partial charge in [-0.2, -0.15) is 0 Å². The number of esters is 1. The fourth-order valence-electron chi connectivity index (χ4n) is 2.63. The molecule has 0 unspecified atom stereocenters. The molecular weight excluding hydrogens is 395 g/mol. The second-order valence-electron chi connectivity index (χ2n) is 6.44. The first kappa shape index (κ1) is 20.5. The van der Waals surface area contributed by atoms with Crippen LogP contribution in [0.3, 0.4) is 0 Å². The number of rotatable bonds is 6. The number of carbonyl (C=O) groups is 3. The third-order valence-electron chi connectivity index (χ3n) is 4.34. The monoisotopic (exact) mass is 414 g/mol. The van der Waals surface area contributed by atoms with Gasteiger partial charge in [-0.3, -0.25) is 9.59 Å². The Labute approximate surface area is 170 Å². The van der Waals surface area contributed by atoms with Gasteiger partial charge < -0.3 is 15.4 Å². The minimum absolute atomic E-state index is 0.244. The molecule has 1 heterocycles. The van der Waals surface area contributed by atoms with Crippen molar-refractivity contribution >= 4 is 44.9 Å². The normalized spacial score (nSPS) is 10.6. The lowest BCUT2D eigenvalue weighted by molar-refractivity contribution is -0.126. The van der Waals surface area contributed by atoms with E-state index in [-0.39, 0.29) is 17.3 Å². The molecule has 0 saturated carbocycles. The largest absolute Gasteiger partial charge is 0.451 e. The number of ether oxygens (including phenoxy) is 1. The molecule has 150 valence electrons. The summed E-state index contributed by atoms with van der Waals surface area (Å²) in [6.07, 6.45) is 0. The maximum absolute atomic E-state index is 13.2. The third kappa shape index (κ3) is 5.17. The highest BCUT2D eigenvalue weighted by Gasteiger charge is 2.15. The van der Waals surface area contributed by atoms with E-state index < -0.39 is 24.3 Å². The lowest BCUT2D eigenvalue weighted by Gasteiger charge is -2.11. The SMILES string of the molecule is Cc1cccc(NC(=O)CNC(=O)COC(=O)c2cc3cc(F)ccc3s2)c1C. The molecule has 8 heteroatoms. The molecule has 2 amide bonds. The van der Waals surface area contributed by atoms with Crippen LogP contribution < -0.4 is 10.6 Å². The predicted molar refractivity (Wildman–Crippen MR) is 110 cm³/mol. The van der Waals surface area contributed by atoms with E-state index in [0.717, 1.165) is 27.2 Å². The molecule has 0 atom stereocenters. The quantitative estimate of drug-likeness (QED) is 0.604. The summed E-state index contributed by atoms with van der Waals surface area (Å²) in [5.74, 6) is -2.05. The molecule has 0 aliphatic rings. The zero-order valence-corrected chi connectivity index (χ0v) is 16.7. The predicted octanol–water partition coefficient (Wildman–Crippen LogP) is 3.57. The Kier molecular flexibility index (Phi) is 6.23. The molecule has 6 nitrogen and oxygen atoms in total. The molecule has 0 spiro atoms. The van der Waals surface area contributed by atoms with Crippen LogP contribution in [0.1, 0.15) is 20.8 Å². The summed E-state index contributed by atoms with van der Waals surface area (Å²) < 4.78 is 18.9. The van der Waals surface area contributed by atoms with Gasteiger partial charge in [0.15, 0.2) is 6.61 Å². The smallest absolute Gasteiger partial charge is 0.348 e. The van der Waals surface area contributed by atoms with Gasteiger partial charge in [0.05, 0.1) is 6.54 Å². The van der Waals surface area contributed by atoms with Gasteiger partial charge in [-0.1, -0.05) is 12.1 Å². The number of benzene rings is 2. The second-order valence-corrected chi connectivity index (χ2v) is 7.53. The van der Waals surface area contributed by atoms with Crippen LogP contribution in [-0.2, 0) is 14.3 Å². The number of amides is 2. The summed E-state index contributed by atoms with van der Waals surface area (Å²) in [5, 5.41) is 5.72. The van der Waals surface area contributed by atoms with E-state index in [9.17, 15) is 18.8 Å². The number of carbonyl (C=O) groups excluding carboxylic acids is 3.